The van der Waals surface area contributed by atoms with Crippen LogP contribution in [0.5, 0.6) is 0 Å². The molecule has 0 spiro atoms. The van der Waals surface area contributed by atoms with E-state index in [9.17, 15) is 9.59 Å². The number of imidazole rings is 1. The van der Waals surface area contributed by atoms with Gasteiger partial charge in [-0.15, -0.1) is 0 Å². The number of aromatic amines is 1. The van der Waals surface area contributed by atoms with E-state index in [-0.39, 0.29) is 11.7 Å². The standard InChI is InChI=1S/C14H17N5O2/c1-15-14(21)19(2)13-11(9-20)17-12(18-13)7-6-10-5-3-4-8-16-10/h3-5,8-9H,6-7H2,1-2H3,(H,15,21)(H,17,18). The van der Waals surface area contributed by atoms with Gasteiger partial charge in [0.15, 0.2) is 12.1 Å². The van der Waals surface area contributed by atoms with Crippen LogP contribution in [-0.4, -0.2) is 41.4 Å². The van der Waals surface area contributed by atoms with E-state index >= 15 is 0 Å². The molecule has 0 aromatic carbocycles. The molecule has 7 heteroatoms. The molecule has 110 valence electrons. The molecule has 2 amide bonds. The quantitative estimate of drug-likeness (QED) is 0.808. The monoisotopic (exact) mass is 287 g/mol. The van der Waals surface area contributed by atoms with E-state index < -0.39 is 0 Å². The van der Waals surface area contributed by atoms with Crippen LogP contribution in [0.3, 0.4) is 0 Å². The van der Waals surface area contributed by atoms with E-state index in [2.05, 4.69) is 20.3 Å². The summed E-state index contributed by atoms with van der Waals surface area (Å²) in [6.45, 7) is 0. The number of urea groups is 1. The van der Waals surface area contributed by atoms with E-state index in [0.29, 0.717) is 30.8 Å². The van der Waals surface area contributed by atoms with Gasteiger partial charge in [0.2, 0.25) is 0 Å². The zero-order valence-corrected chi connectivity index (χ0v) is 12.0. The van der Waals surface area contributed by atoms with Crippen LogP contribution in [0.15, 0.2) is 24.4 Å². The minimum Gasteiger partial charge on any atom is -0.341 e. The second kappa shape index (κ2) is 6.65. The number of nitrogens with one attached hydrogen (secondary N) is 2. The Bertz CT molecular complexity index is 624. The minimum absolute atomic E-state index is 0.289. The van der Waals surface area contributed by atoms with Crippen molar-refractivity contribution in [3.63, 3.8) is 0 Å². The number of amides is 2. The number of aryl methyl sites for hydroxylation is 2. The maximum absolute atomic E-state index is 11.6. The van der Waals surface area contributed by atoms with E-state index in [1.165, 1.54) is 11.9 Å². The smallest absolute Gasteiger partial charge is 0.322 e. The summed E-state index contributed by atoms with van der Waals surface area (Å²) in [5, 5.41) is 2.49. The van der Waals surface area contributed by atoms with Crippen LogP contribution in [-0.2, 0) is 12.8 Å². The Morgan fingerprint density at radius 3 is 2.86 bits per heavy atom. The van der Waals surface area contributed by atoms with E-state index in [1.54, 1.807) is 13.2 Å². The van der Waals surface area contributed by atoms with Crippen LogP contribution < -0.4 is 10.2 Å². The predicted octanol–water partition coefficient (Wildman–Crippen LogP) is 1.18. The molecule has 0 bridgehead atoms. The van der Waals surface area contributed by atoms with Crippen LogP contribution >= 0.6 is 0 Å². The Morgan fingerprint density at radius 2 is 2.24 bits per heavy atom. The summed E-state index contributed by atoms with van der Waals surface area (Å²) in [7, 11) is 3.08. The number of H-pyrrole nitrogens is 1. The lowest BCUT2D eigenvalue weighted by Gasteiger charge is -2.13. The normalized spacial score (nSPS) is 10.2. The number of aromatic nitrogens is 3. The van der Waals surface area contributed by atoms with Gasteiger partial charge in [-0.1, -0.05) is 6.07 Å². The maximum atomic E-state index is 11.6. The van der Waals surface area contributed by atoms with Gasteiger partial charge in [0, 0.05) is 32.4 Å². The molecular formula is C14H17N5O2. The summed E-state index contributed by atoms with van der Waals surface area (Å²) >= 11 is 0. The Morgan fingerprint density at radius 1 is 1.43 bits per heavy atom. The highest BCUT2D eigenvalue weighted by atomic mass is 16.2. The van der Waals surface area contributed by atoms with Crippen molar-refractivity contribution in [1.29, 1.82) is 0 Å². The number of anilines is 1. The van der Waals surface area contributed by atoms with Gasteiger partial charge in [0.05, 0.1) is 0 Å². The summed E-state index contributed by atoms with van der Waals surface area (Å²) in [6.07, 6.45) is 3.71. The molecule has 0 aliphatic rings. The Kier molecular flexibility index (Phi) is 4.65. The average molecular weight is 287 g/mol. The van der Waals surface area contributed by atoms with Crippen molar-refractivity contribution in [1.82, 2.24) is 20.3 Å². The van der Waals surface area contributed by atoms with Gasteiger partial charge in [-0.05, 0) is 18.6 Å². The highest BCUT2D eigenvalue weighted by Gasteiger charge is 2.18. The molecule has 2 heterocycles. The fourth-order valence-corrected chi connectivity index (χ4v) is 1.94. The summed E-state index contributed by atoms with van der Waals surface area (Å²) < 4.78 is 0. The van der Waals surface area contributed by atoms with Crippen molar-refractivity contribution in [2.75, 3.05) is 19.0 Å². The van der Waals surface area contributed by atoms with Gasteiger partial charge in [-0.25, -0.2) is 9.78 Å². The van der Waals surface area contributed by atoms with E-state index in [4.69, 9.17) is 0 Å². The molecule has 0 atom stereocenters. The van der Waals surface area contributed by atoms with Gasteiger partial charge in [0.25, 0.3) is 0 Å². The van der Waals surface area contributed by atoms with Crippen molar-refractivity contribution in [2.24, 2.45) is 0 Å². The molecule has 21 heavy (non-hydrogen) atoms. The summed E-state index contributed by atoms with van der Waals surface area (Å²) in [4.78, 5) is 35.5. The third kappa shape index (κ3) is 3.44. The summed E-state index contributed by atoms with van der Waals surface area (Å²) in [5.74, 6) is 0.967. The van der Waals surface area contributed by atoms with Crippen LogP contribution in [0.25, 0.3) is 0 Å². The third-order valence-corrected chi connectivity index (χ3v) is 3.06. The molecule has 0 aliphatic carbocycles. The van der Waals surface area contributed by atoms with Crippen molar-refractivity contribution in [2.45, 2.75) is 12.8 Å². The number of carbonyl (C=O) groups is 2. The lowest BCUT2D eigenvalue weighted by molar-refractivity contribution is 0.112. The molecule has 0 saturated heterocycles. The maximum Gasteiger partial charge on any atom is 0.322 e. The van der Waals surface area contributed by atoms with Gasteiger partial charge < -0.3 is 10.3 Å². The third-order valence-electron chi connectivity index (χ3n) is 3.06. The zero-order valence-electron chi connectivity index (χ0n) is 12.0. The number of rotatable bonds is 5. The predicted molar refractivity (Wildman–Crippen MR) is 78.5 cm³/mol. The molecule has 2 aromatic rings. The first-order valence-electron chi connectivity index (χ1n) is 6.55. The first kappa shape index (κ1) is 14.7. The Labute approximate surface area is 122 Å². The van der Waals surface area contributed by atoms with Crippen molar-refractivity contribution >= 4 is 18.1 Å². The second-order valence-corrected chi connectivity index (χ2v) is 4.47. The molecule has 0 aliphatic heterocycles. The zero-order chi connectivity index (χ0) is 15.2. The molecule has 2 aromatic heterocycles. The second-order valence-electron chi connectivity index (χ2n) is 4.47. The number of nitrogens with zero attached hydrogens (tertiary/aromatic N) is 3. The highest BCUT2D eigenvalue weighted by molar-refractivity contribution is 5.94. The molecule has 0 fully saturated rings. The fraction of sp³-hybridized carbons (Fsp3) is 0.286. The first-order chi connectivity index (χ1) is 10.2. The number of pyridine rings is 1. The van der Waals surface area contributed by atoms with Crippen LogP contribution in [0.4, 0.5) is 10.6 Å². The topological polar surface area (TPSA) is 91.0 Å². The molecule has 2 rings (SSSR count). The molecule has 0 saturated carbocycles. The van der Waals surface area contributed by atoms with Crippen LogP contribution in [0.1, 0.15) is 22.0 Å². The van der Waals surface area contributed by atoms with E-state index in [0.717, 1.165) is 5.69 Å². The van der Waals surface area contributed by atoms with Gasteiger partial charge in [-0.3, -0.25) is 14.7 Å². The lowest BCUT2D eigenvalue weighted by atomic mass is 10.2. The highest BCUT2D eigenvalue weighted by Crippen LogP contribution is 2.16. The SMILES string of the molecule is CNC(=O)N(C)c1nc(CCc2ccccn2)[nH]c1C=O. The molecular weight excluding hydrogens is 270 g/mol. The fourth-order valence-electron chi connectivity index (χ4n) is 1.94. The van der Waals surface area contributed by atoms with E-state index in [1.807, 2.05) is 18.2 Å². The minimum atomic E-state index is -0.333. The summed E-state index contributed by atoms with van der Waals surface area (Å²) in [5.41, 5.74) is 1.24. The van der Waals surface area contributed by atoms with Gasteiger partial charge >= 0.3 is 6.03 Å². The Hall–Kier alpha value is -2.70. The molecule has 2 N–H and O–H groups in total. The number of aldehydes is 1. The molecule has 0 unspecified atom stereocenters. The van der Waals surface area contributed by atoms with Crippen LogP contribution in [0.2, 0.25) is 0 Å². The number of carbonyl (C=O) groups excluding carboxylic acids is 2. The number of hydrogen-bond acceptors (Lipinski definition) is 4. The average Bonchev–Trinajstić information content (AvgIpc) is 2.95. The van der Waals surface area contributed by atoms with Gasteiger partial charge in [-0.2, -0.15) is 0 Å². The van der Waals surface area contributed by atoms with Crippen molar-refractivity contribution in [3.8, 4) is 0 Å². The van der Waals surface area contributed by atoms with Crippen LogP contribution in [0, 0.1) is 0 Å². The van der Waals surface area contributed by atoms with Crippen molar-refractivity contribution < 1.29 is 9.59 Å². The lowest BCUT2D eigenvalue weighted by Crippen LogP contribution is -2.35. The Balaban J connectivity index is 2.13. The molecule has 7 nitrogen and oxygen atoms in total. The summed E-state index contributed by atoms with van der Waals surface area (Å²) in [6, 6.07) is 5.38. The van der Waals surface area contributed by atoms with Crippen molar-refractivity contribution in [3.05, 3.63) is 41.6 Å². The first-order valence-corrected chi connectivity index (χ1v) is 6.55. The largest absolute Gasteiger partial charge is 0.341 e. The van der Waals surface area contributed by atoms with Gasteiger partial charge in [0.1, 0.15) is 11.5 Å². The molecule has 0 radical (unpaired) electrons. The number of hydrogen-bond donors (Lipinski definition) is 2.